The number of hydrogen-bond donors (Lipinski definition) is 1. The molecule has 16 heavy (non-hydrogen) atoms. The monoisotopic (exact) mass is 225 g/mol. The van der Waals surface area contributed by atoms with Gasteiger partial charge in [0.2, 0.25) is 0 Å². The molecular formula is C13H17F2N. The molecule has 1 atom stereocenters. The number of benzene rings is 1. The Morgan fingerprint density at radius 1 is 1.31 bits per heavy atom. The van der Waals surface area contributed by atoms with Crippen molar-refractivity contribution in [2.24, 2.45) is 5.92 Å². The zero-order valence-electron chi connectivity index (χ0n) is 9.47. The Labute approximate surface area is 94.9 Å². The Kier molecular flexibility index (Phi) is 3.54. The second-order valence-electron chi connectivity index (χ2n) is 4.61. The molecule has 0 aliphatic heterocycles. The number of hydrogen-bond acceptors (Lipinski definition) is 1. The van der Waals surface area contributed by atoms with Crippen LogP contribution in [-0.4, -0.2) is 6.04 Å². The molecule has 88 valence electrons. The summed E-state index contributed by atoms with van der Waals surface area (Å²) in [5.74, 6) is -0.795. The molecule has 0 amide bonds. The Bertz CT molecular complexity index is 361. The van der Waals surface area contributed by atoms with Crippen LogP contribution in [0.15, 0.2) is 18.2 Å². The zero-order valence-corrected chi connectivity index (χ0v) is 9.47. The van der Waals surface area contributed by atoms with Crippen LogP contribution in [-0.2, 0) is 6.54 Å². The Balaban J connectivity index is 1.86. The normalized spacial score (nSPS) is 18.2. The molecule has 0 bridgehead atoms. The van der Waals surface area contributed by atoms with Gasteiger partial charge < -0.3 is 5.32 Å². The van der Waals surface area contributed by atoms with Crippen LogP contribution in [0.2, 0.25) is 0 Å². The Morgan fingerprint density at radius 3 is 2.62 bits per heavy atom. The van der Waals surface area contributed by atoms with E-state index < -0.39 is 11.6 Å². The highest BCUT2D eigenvalue weighted by Crippen LogP contribution is 2.29. The van der Waals surface area contributed by atoms with Crippen molar-refractivity contribution in [2.75, 3.05) is 0 Å². The molecule has 0 saturated heterocycles. The maximum absolute atomic E-state index is 12.9. The van der Waals surface area contributed by atoms with Crippen molar-refractivity contribution in [1.82, 2.24) is 5.32 Å². The molecule has 1 fully saturated rings. The van der Waals surface area contributed by atoms with E-state index in [4.69, 9.17) is 0 Å². The lowest BCUT2D eigenvalue weighted by molar-refractivity contribution is 0.240. The summed E-state index contributed by atoms with van der Waals surface area (Å²) < 4.78 is 25.6. The molecule has 1 unspecified atom stereocenters. The third kappa shape index (κ3) is 2.59. The number of nitrogens with one attached hydrogen (secondary N) is 1. The fourth-order valence-electron chi connectivity index (χ4n) is 2.03. The first-order chi connectivity index (χ1) is 7.66. The highest BCUT2D eigenvalue weighted by atomic mass is 19.2. The quantitative estimate of drug-likeness (QED) is 0.829. The lowest BCUT2D eigenvalue weighted by Gasteiger charge is -2.32. The van der Waals surface area contributed by atoms with Crippen molar-refractivity contribution in [3.63, 3.8) is 0 Å². The summed E-state index contributed by atoms with van der Waals surface area (Å²) in [7, 11) is 0. The maximum Gasteiger partial charge on any atom is 0.159 e. The molecule has 0 heterocycles. The van der Waals surface area contributed by atoms with E-state index in [9.17, 15) is 8.78 Å². The molecule has 1 aliphatic carbocycles. The summed E-state index contributed by atoms with van der Waals surface area (Å²) in [4.78, 5) is 0. The van der Waals surface area contributed by atoms with Gasteiger partial charge in [-0.25, -0.2) is 8.78 Å². The van der Waals surface area contributed by atoms with Gasteiger partial charge in [0.25, 0.3) is 0 Å². The van der Waals surface area contributed by atoms with Crippen LogP contribution in [0.3, 0.4) is 0 Å². The van der Waals surface area contributed by atoms with E-state index in [2.05, 4.69) is 12.2 Å². The van der Waals surface area contributed by atoms with Crippen LogP contribution < -0.4 is 5.32 Å². The third-order valence-corrected chi connectivity index (χ3v) is 3.47. The first kappa shape index (κ1) is 11.5. The van der Waals surface area contributed by atoms with Crippen molar-refractivity contribution in [3.05, 3.63) is 35.4 Å². The number of halogens is 2. The average molecular weight is 225 g/mol. The highest BCUT2D eigenvalue weighted by molar-refractivity contribution is 5.17. The van der Waals surface area contributed by atoms with E-state index >= 15 is 0 Å². The lowest BCUT2D eigenvalue weighted by Crippen LogP contribution is -2.36. The first-order valence-electron chi connectivity index (χ1n) is 5.84. The summed E-state index contributed by atoms with van der Waals surface area (Å²) in [6.45, 7) is 2.76. The van der Waals surface area contributed by atoms with Gasteiger partial charge in [-0.05, 0) is 43.4 Å². The zero-order chi connectivity index (χ0) is 11.5. The van der Waals surface area contributed by atoms with Crippen LogP contribution >= 0.6 is 0 Å². The molecule has 1 aromatic carbocycles. The minimum Gasteiger partial charge on any atom is -0.310 e. The molecule has 1 saturated carbocycles. The second-order valence-corrected chi connectivity index (χ2v) is 4.61. The summed E-state index contributed by atoms with van der Waals surface area (Å²) in [5.41, 5.74) is 0.796. The third-order valence-electron chi connectivity index (χ3n) is 3.47. The fourth-order valence-corrected chi connectivity index (χ4v) is 2.03. The van der Waals surface area contributed by atoms with Gasteiger partial charge in [-0.2, -0.15) is 0 Å². The van der Waals surface area contributed by atoms with Crippen molar-refractivity contribution >= 4 is 0 Å². The van der Waals surface area contributed by atoms with E-state index in [1.807, 2.05) is 0 Å². The minimum absolute atomic E-state index is 0.460. The van der Waals surface area contributed by atoms with E-state index in [0.29, 0.717) is 12.6 Å². The molecule has 1 aliphatic rings. The van der Waals surface area contributed by atoms with Gasteiger partial charge >= 0.3 is 0 Å². The molecule has 1 N–H and O–H groups in total. The van der Waals surface area contributed by atoms with Crippen molar-refractivity contribution in [3.8, 4) is 0 Å². The first-order valence-corrected chi connectivity index (χ1v) is 5.84. The molecule has 0 radical (unpaired) electrons. The van der Waals surface area contributed by atoms with Gasteiger partial charge in [0.1, 0.15) is 0 Å². The predicted molar refractivity (Wildman–Crippen MR) is 60.0 cm³/mol. The average Bonchev–Trinajstić information content (AvgIpc) is 2.17. The largest absolute Gasteiger partial charge is 0.310 e. The van der Waals surface area contributed by atoms with E-state index in [-0.39, 0.29) is 0 Å². The van der Waals surface area contributed by atoms with Gasteiger partial charge in [0.05, 0.1) is 0 Å². The molecule has 0 aromatic heterocycles. The molecule has 0 spiro atoms. The predicted octanol–water partition coefficient (Wildman–Crippen LogP) is 3.24. The topological polar surface area (TPSA) is 12.0 Å². The van der Waals surface area contributed by atoms with Crippen molar-refractivity contribution in [1.29, 1.82) is 0 Å². The Morgan fingerprint density at radius 2 is 2.06 bits per heavy atom. The van der Waals surface area contributed by atoms with Gasteiger partial charge in [-0.1, -0.05) is 12.5 Å². The fraction of sp³-hybridized carbons (Fsp3) is 0.538. The van der Waals surface area contributed by atoms with E-state index in [1.54, 1.807) is 6.07 Å². The maximum atomic E-state index is 12.9. The molecular weight excluding hydrogens is 208 g/mol. The summed E-state index contributed by atoms with van der Waals surface area (Å²) >= 11 is 0. The minimum atomic E-state index is -0.782. The lowest BCUT2D eigenvalue weighted by atomic mass is 9.80. The SMILES string of the molecule is CC(NCc1ccc(F)c(F)c1)C1CCC1. The van der Waals surface area contributed by atoms with Gasteiger partial charge in [-0.3, -0.25) is 0 Å². The van der Waals surface area contributed by atoms with Crippen LogP contribution in [0.5, 0.6) is 0 Å². The van der Waals surface area contributed by atoms with Crippen LogP contribution in [0, 0.1) is 17.6 Å². The van der Waals surface area contributed by atoms with Crippen LogP contribution in [0.25, 0.3) is 0 Å². The summed E-state index contributed by atoms with van der Waals surface area (Å²) in [6, 6.07) is 4.52. The second kappa shape index (κ2) is 4.91. The van der Waals surface area contributed by atoms with E-state index in [0.717, 1.165) is 11.5 Å². The van der Waals surface area contributed by atoms with Crippen molar-refractivity contribution < 1.29 is 8.78 Å². The van der Waals surface area contributed by atoms with Crippen LogP contribution in [0.1, 0.15) is 31.7 Å². The molecule has 3 heteroatoms. The summed E-state index contributed by atoms with van der Waals surface area (Å²) in [5, 5.41) is 3.36. The number of rotatable bonds is 4. The van der Waals surface area contributed by atoms with Crippen molar-refractivity contribution in [2.45, 2.75) is 38.8 Å². The highest BCUT2D eigenvalue weighted by Gasteiger charge is 2.23. The van der Waals surface area contributed by atoms with Gasteiger partial charge in [-0.15, -0.1) is 0 Å². The molecule has 1 nitrogen and oxygen atoms in total. The van der Waals surface area contributed by atoms with E-state index in [1.165, 1.54) is 31.4 Å². The standard InChI is InChI=1S/C13H17F2N/c1-9(11-3-2-4-11)16-8-10-5-6-12(14)13(15)7-10/h5-7,9,11,16H,2-4,8H2,1H3. The molecule has 2 rings (SSSR count). The Hall–Kier alpha value is -0.960. The van der Waals surface area contributed by atoms with Crippen LogP contribution in [0.4, 0.5) is 8.78 Å². The van der Waals surface area contributed by atoms with Gasteiger partial charge in [0.15, 0.2) is 11.6 Å². The van der Waals surface area contributed by atoms with Gasteiger partial charge in [0, 0.05) is 12.6 Å². The smallest absolute Gasteiger partial charge is 0.159 e. The summed E-state index contributed by atoms with van der Waals surface area (Å²) in [6.07, 6.45) is 3.89. The molecule has 1 aromatic rings.